The molecule has 0 saturated heterocycles. The van der Waals surface area contributed by atoms with Crippen LogP contribution in [0.1, 0.15) is 37.9 Å². The molecule has 18 heavy (non-hydrogen) atoms. The molecule has 1 aromatic heterocycles. The zero-order chi connectivity index (χ0) is 13.0. The van der Waals surface area contributed by atoms with E-state index in [2.05, 4.69) is 50.1 Å². The molecule has 2 rings (SSSR count). The summed E-state index contributed by atoms with van der Waals surface area (Å²) < 4.78 is 7.61. The van der Waals surface area contributed by atoms with Crippen LogP contribution in [0.15, 0.2) is 36.7 Å². The summed E-state index contributed by atoms with van der Waals surface area (Å²) in [5.41, 5.74) is 2.54. The molecule has 0 unspecified atom stereocenters. The predicted octanol–water partition coefficient (Wildman–Crippen LogP) is 3.61. The van der Waals surface area contributed by atoms with E-state index in [1.165, 1.54) is 11.1 Å². The van der Waals surface area contributed by atoms with Crippen LogP contribution < -0.4 is 4.74 Å². The Morgan fingerprint density at radius 1 is 1.17 bits per heavy atom. The van der Waals surface area contributed by atoms with Gasteiger partial charge in [0.05, 0.1) is 12.4 Å². The predicted molar refractivity (Wildman–Crippen MR) is 72.8 cm³/mol. The van der Waals surface area contributed by atoms with Crippen LogP contribution in [0.3, 0.4) is 0 Å². The van der Waals surface area contributed by atoms with E-state index in [1.807, 2.05) is 10.9 Å². The van der Waals surface area contributed by atoms with E-state index in [0.717, 1.165) is 12.2 Å². The summed E-state index contributed by atoms with van der Waals surface area (Å²) in [6, 6.07) is 8.90. The van der Waals surface area contributed by atoms with Gasteiger partial charge in [-0.25, -0.2) is 0 Å². The molecule has 0 aliphatic heterocycles. The summed E-state index contributed by atoms with van der Waals surface area (Å²) in [5.74, 6) is 0.822. The van der Waals surface area contributed by atoms with Crippen molar-refractivity contribution in [2.75, 3.05) is 0 Å². The number of rotatable bonds is 5. The van der Waals surface area contributed by atoms with Crippen LogP contribution in [0.2, 0.25) is 0 Å². The lowest BCUT2D eigenvalue weighted by atomic mass is 10.1. The number of benzene rings is 1. The third-order valence-corrected chi connectivity index (χ3v) is 2.94. The van der Waals surface area contributed by atoms with Crippen LogP contribution in [0.5, 0.6) is 5.75 Å². The number of ether oxygens (including phenoxy) is 1. The largest absolute Gasteiger partial charge is 0.486 e. The molecule has 0 aliphatic rings. The summed E-state index contributed by atoms with van der Waals surface area (Å²) in [5, 5.41) is 4.25. The van der Waals surface area contributed by atoms with Crippen LogP contribution in [-0.4, -0.2) is 9.78 Å². The van der Waals surface area contributed by atoms with E-state index in [-0.39, 0.29) is 0 Å². The summed E-state index contributed by atoms with van der Waals surface area (Å²) in [7, 11) is 0. The third kappa shape index (κ3) is 3.13. The monoisotopic (exact) mass is 244 g/mol. The van der Waals surface area contributed by atoms with Gasteiger partial charge in [-0.1, -0.05) is 31.2 Å². The average molecular weight is 244 g/mol. The highest BCUT2D eigenvalue weighted by Crippen LogP contribution is 2.14. The Kier molecular flexibility index (Phi) is 4.03. The molecule has 0 bridgehead atoms. The third-order valence-electron chi connectivity index (χ3n) is 2.94. The van der Waals surface area contributed by atoms with Gasteiger partial charge in [0, 0.05) is 6.04 Å². The second-order valence-corrected chi connectivity index (χ2v) is 4.71. The Labute approximate surface area is 108 Å². The molecule has 2 aromatic rings. The quantitative estimate of drug-likeness (QED) is 0.803. The van der Waals surface area contributed by atoms with Gasteiger partial charge in [-0.3, -0.25) is 4.68 Å². The number of hydrogen-bond acceptors (Lipinski definition) is 2. The molecule has 0 fully saturated rings. The van der Waals surface area contributed by atoms with Gasteiger partial charge in [-0.15, -0.1) is 0 Å². The van der Waals surface area contributed by atoms with Crippen LogP contribution in [-0.2, 0) is 13.0 Å². The summed E-state index contributed by atoms with van der Waals surface area (Å²) in [6.07, 6.45) is 4.77. The van der Waals surface area contributed by atoms with Crippen molar-refractivity contribution in [3.8, 4) is 5.75 Å². The highest BCUT2D eigenvalue weighted by Gasteiger charge is 2.02. The minimum Gasteiger partial charge on any atom is -0.486 e. The molecule has 0 aliphatic carbocycles. The van der Waals surface area contributed by atoms with Gasteiger partial charge >= 0.3 is 0 Å². The average Bonchev–Trinajstić information content (AvgIpc) is 2.86. The number of hydrogen-bond donors (Lipinski definition) is 0. The molecule has 1 aromatic carbocycles. The fourth-order valence-electron chi connectivity index (χ4n) is 1.72. The first-order valence-corrected chi connectivity index (χ1v) is 6.44. The second kappa shape index (κ2) is 5.71. The van der Waals surface area contributed by atoms with Crippen molar-refractivity contribution in [1.82, 2.24) is 9.78 Å². The van der Waals surface area contributed by atoms with Crippen molar-refractivity contribution < 1.29 is 4.74 Å². The van der Waals surface area contributed by atoms with E-state index < -0.39 is 0 Å². The summed E-state index contributed by atoms with van der Waals surface area (Å²) >= 11 is 0. The Bertz CT molecular complexity index is 485. The van der Waals surface area contributed by atoms with Crippen molar-refractivity contribution in [2.24, 2.45) is 0 Å². The van der Waals surface area contributed by atoms with Crippen molar-refractivity contribution in [3.05, 3.63) is 47.8 Å². The normalized spacial score (nSPS) is 10.9. The van der Waals surface area contributed by atoms with Crippen molar-refractivity contribution >= 4 is 0 Å². The van der Waals surface area contributed by atoms with E-state index in [0.29, 0.717) is 12.6 Å². The molecule has 0 saturated carbocycles. The Morgan fingerprint density at radius 2 is 1.83 bits per heavy atom. The van der Waals surface area contributed by atoms with E-state index >= 15 is 0 Å². The van der Waals surface area contributed by atoms with Crippen molar-refractivity contribution in [1.29, 1.82) is 0 Å². The van der Waals surface area contributed by atoms with Gasteiger partial charge in [0.25, 0.3) is 0 Å². The fraction of sp³-hybridized carbons (Fsp3) is 0.400. The molecule has 0 spiro atoms. The second-order valence-electron chi connectivity index (χ2n) is 4.71. The number of aryl methyl sites for hydroxylation is 1. The smallest absolute Gasteiger partial charge is 0.157 e. The molecule has 0 atom stereocenters. The van der Waals surface area contributed by atoms with E-state index in [9.17, 15) is 0 Å². The van der Waals surface area contributed by atoms with Gasteiger partial charge in [-0.2, -0.15) is 5.10 Å². The molecular weight excluding hydrogens is 224 g/mol. The van der Waals surface area contributed by atoms with Crippen LogP contribution in [0.25, 0.3) is 0 Å². The lowest BCUT2D eigenvalue weighted by Crippen LogP contribution is -2.00. The zero-order valence-corrected chi connectivity index (χ0v) is 11.3. The van der Waals surface area contributed by atoms with Gasteiger partial charge in [0.2, 0.25) is 0 Å². The molecule has 3 nitrogen and oxygen atoms in total. The summed E-state index contributed by atoms with van der Waals surface area (Å²) in [4.78, 5) is 0. The standard InChI is InChI=1S/C15H20N2O/c1-4-13-5-7-14(8-6-13)11-18-15-9-16-17(10-15)12(2)3/h5-10,12H,4,11H2,1-3H3. The van der Waals surface area contributed by atoms with E-state index in [4.69, 9.17) is 4.74 Å². The topological polar surface area (TPSA) is 27.1 Å². The fourth-order valence-corrected chi connectivity index (χ4v) is 1.72. The Balaban J connectivity index is 1.93. The minimum absolute atomic E-state index is 0.367. The molecule has 1 heterocycles. The molecule has 96 valence electrons. The first kappa shape index (κ1) is 12.7. The maximum atomic E-state index is 5.71. The van der Waals surface area contributed by atoms with Gasteiger partial charge in [0.15, 0.2) is 5.75 Å². The lowest BCUT2D eigenvalue weighted by molar-refractivity contribution is 0.305. The highest BCUT2D eigenvalue weighted by atomic mass is 16.5. The molecule has 3 heteroatoms. The zero-order valence-electron chi connectivity index (χ0n) is 11.3. The lowest BCUT2D eigenvalue weighted by Gasteiger charge is -2.05. The van der Waals surface area contributed by atoms with Crippen LogP contribution in [0, 0.1) is 0 Å². The van der Waals surface area contributed by atoms with Crippen LogP contribution in [0.4, 0.5) is 0 Å². The van der Waals surface area contributed by atoms with Crippen LogP contribution >= 0.6 is 0 Å². The molecule has 0 amide bonds. The van der Waals surface area contributed by atoms with Gasteiger partial charge in [-0.05, 0) is 31.4 Å². The number of nitrogens with zero attached hydrogens (tertiary/aromatic N) is 2. The Morgan fingerprint density at radius 3 is 2.39 bits per heavy atom. The van der Waals surface area contributed by atoms with Gasteiger partial charge in [0.1, 0.15) is 6.61 Å². The first-order chi connectivity index (χ1) is 8.69. The maximum Gasteiger partial charge on any atom is 0.157 e. The maximum absolute atomic E-state index is 5.71. The summed E-state index contributed by atoms with van der Waals surface area (Å²) in [6.45, 7) is 6.94. The minimum atomic E-state index is 0.367. The Hall–Kier alpha value is -1.77. The van der Waals surface area contributed by atoms with Gasteiger partial charge < -0.3 is 4.74 Å². The first-order valence-electron chi connectivity index (χ1n) is 6.44. The molecule has 0 radical (unpaired) electrons. The number of aromatic nitrogens is 2. The van der Waals surface area contributed by atoms with Crippen molar-refractivity contribution in [3.63, 3.8) is 0 Å². The van der Waals surface area contributed by atoms with Crippen molar-refractivity contribution in [2.45, 2.75) is 39.8 Å². The molecular formula is C15H20N2O. The highest BCUT2D eigenvalue weighted by molar-refractivity contribution is 5.22. The van der Waals surface area contributed by atoms with E-state index in [1.54, 1.807) is 6.20 Å². The molecule has 0 N–H and O–H groups in total. The SMILES string of the molecule is CCc1ccc(COc2cnn(C(C)C)c2)cc1.